The quantitative estimate of drug-likeness (QED) is 0.348. The van der Waals surface area contributed by atoms with E-state index in [0.717, 1.165) is 29.5 Å². The Labute approximate surface area is 205 Å². The summed E-state index contributed by atoms with van der Waals surface area (Å²) in [7, 11) is 0. The third-order valence-corrected chi connectivity index (χ3v) is 5.86. The second-order valence-electron chi connectivity index (χ2n) is 7.91. The maximum Gasteiger partial charge on any atom is 0.247 e. The second-order valence-corrected chi connectivity index (χ2v) is 8.78. The summed E-state index contributed by atoms with van der Waals surface area (Å²) >= 11 is 12.1. The molecular weight excluding hydrogens is 455 g/mol. The summed E-state index contributed by atoms with van der Waals surface area (Å²) in [4.78, 5) is 28.6. The van der Waals surface area contributed by atoms with Crippen molar-refractivity contribution in [3.05, 3.63) is 106 Å². The summed E-state index contributed by atoms with van der Waals surface area (Å²) in [5.41, 5.74) is 2.50. The number of hydrogen-bond acceptors (Lipinski definition) is 2. The number of carbonyl (C=O) groups is 2. The van der Waals surface area contributed by atoms with Gasteiger partial charge in [-0.15, -0.1) is 0 Å². The van der Waals surface area contributed by atoms with Crippen molar-refractivity contribution in [1.29, 1.82) is 0 Å². The minimum absolute atomic E-state index is 0.147. The van der Waals surface area contributed by atoms with Crippen LogP contribution in [0.15, 0.2) is 78.9 Å². The molecule has 0 heterocycles. The molecule has 33 heavy (non-hydrogen) atoms. The van der Waals surface area contributed by atoms with Crippen molar-refractivity contribution in [3.8, 4) is 0 Å². The molecule has 0 bridgehead atoms. The lowest BCUT2D eigenvalue weighted by molar-refractivity contribution is -0.141. The van der Waals surface area contributed by atoms with Crippen LogP contribution < -0.4 is 5.32 Å². The molecule has 3 rings (SSSR count). The first-order chi connectivity index (χ1) is 16.0. The lowest BCUT2D eigenvalue weighted by Gasteiger charge is -2.32. The lowest BCUT2D eigenvalue weighted by Crippen LogP contribution is -2.44. The van der Waals surface area contributed by atoms with E-state index in [0.29, 0.717) is 16.6 Å². The Kier molecular flexibility index (Phi) is 9.35. The highest BCUT2D eigenvalue weighted by atomic mass is 35.5. The van der Waals surface area contributed by atoms with Gasteiger partial charge in [0.05, 0.1) is 6.42 Å². The van der Waals surface area contributed by atoms with Gasteiger partial charge in [-0.3, -0.25) is 9.59 Å². The van der Waals surface area contributed by atoms with Gasteiger partial charge >= 0.3 is 0 Å². The van der Waals surface area contributed by atoms with E-state index in [1.807, 2.05) is 54.6 Å². The highest BCUT2D eigenvalue weighted by Gasteiger charge is 2.31. The first-order valence-electron chi connectivity index (χ1n) is 11.1. The topological polar surface area (TPSA) is 49.4 Å². The molecule has 4 nitrogen and oxygen atoms in total. The smallest absolute Gasteiger partial charge is 0.247 e. The van der Waals surface area contributed by atoms with Gasteiger partial charge in [0.15, 0.2) is 0 Å². The number of benzene rings is 3. The van der Waals surface area contributed by atoms with Crippen LogP contribution in [0.3, 0.4) is 0 Å². The van der Waals surface area contributed by atoms with Gasteiger partial charge in [-0.1, -0.05) is 91.1 Å². The van der Waals surface area contributed by atoms with Crippen molar-refractivity contribution in [2.75, 3.05) is 6.54 Å². The van der Waals surface area contributed by atoms with Gasteiger partial charge in [0, 0.05) is 23.1 Å². The number of rotatable bonds is 10. The van der Waals surface area contributed by atoms with Crippen molar-refractivity contribution in [3.63, 3.8) is 0 Å². The first kappa shape index (κ1) is 24.8. The van der Waals surface area contributed by atoms with E-state index in [9.17, 15) is 9.59 Å². The third-order valence-electron chi connectivity index (χ3n) is 5.36. The summed E-state index contributed by atoms with van der Waals surface area (Å²) in [6.07, 6.45) is 2.01. The van der Waals surface area contributed by atoms with Crippen LogP contribution in [0, 0.1) is 0 Å². The molecular formula is C27H28Cl2N2O2. The normalized spacial score (nSPS) is 11.6. The van der Waals surface area contributed by atoms with Crippen molar-refractivity contribution >= 4 is 35.0 Å². The molecule has 3 aromatic rings. The lowest BCUT2D eigenvalue weighted by atomic mass is 10.0. The van der Waals surface area contributed by atoms with E-state index in [4.69, 9.17) is 23.2 Å². The molecule has 0 saturated heterocycles. The molecule has 2 amide bonds. The van der Waals surface area contributed by atoms with Gasteiger partial charge in [-0.05, 0) is 47.4 Å². The van der Waals surface area contributed by atoms with E-state index < -0.39 is 6.04 Å². The Morgan fingerprint density at radius 2 is 1.42 bits per heavy atom. The van der Waals surface area contributed by atoms with Gasteiger partial charge in [-0.25, -0.2) is 0 Å². The minimum atomic E-state index is -0.751. The standard InChI is InChI=1S/C27H28Cl2N2O2/c1-2-3-17-30-27(33)26(22-7-5-4-6-8-22)31(19-21-11-15-24(29)16-12-21)25(32)18-20-9-13-23(28)14-10-20/h4-16,26H,2-3,17-19H2,1H3,(H,30,33)/t26-/m0/s1. The fourth-order valence-corrected chi connectivity index (χ4v) is 3.83. The number of hydrogen-bond donors (Lipinski definition) is 1. The van der Waals surface area contributed by atoms with E-state index in [-0.39, 0.29) is 24.8 Å². The molecule has 172 valence electrons. The highest BCUT2D eigenvalue weighted by molar-refractivity contribution is 6.30. The van der Waals surface area contributed by atoms with E-state index in [2.05, 4.69) is 12.2 Å². The Bertz CT molecular complexity index is 1040. The Morgan fingerprint density at radius 1 is 0.848 bits per heavy atom. The van der Waals surface area contributed by atoms with Gasteiger partial charge < -0.3 is 10.2 Å². The SMILES string of the molecule is CCCCNC(=O)[C@H](c1ccccc1)N(Cc1ccc(Cl)cc1)C(=O)Cc1ccc(Cl)cc1. The Morgan fingerprint density at radius 3 is 2.00 bits per heavy atom. The van der Waals surface area contributed by atoms with Crippen molar-refractivity contribution in [2.24, 2.45) is 0 Å². The zero-order valence-electron chi connectivity index (χ0n) is 18.6. The van der Waals surface area contributed by atoms with Gasteiger partial charge in [0.2, 0.25) is 11.8 Å². The van der Waals surface area contributed by atoms with Crippen molar-refractivity contribution in [1.82, 2.24) is 10.2 Å². The van der Waals surface area contributed by atoms with E-state index >= 15 is 0 Å². The Hall–Kier alpha value is -2.82. The Balaban J connectivity index is 1.96. The molecule has 3 aromatic carbocycles. The molecule has 1 N–H and O–H groups in total. The third kappa shape index (κ3) is 7.34. The summed E-state index contributed by atoms with van der Waals surface area (Å²) < 4.78 is 0. The molecule has 0 radical (unpaired) electrons. The molecule has 0 spiro atoms. The average molecular weight is 483 g/mol. The maximum atomic E-state index is 13.6. The largest absolute Gasteiger partial charge is 0.354 e. The fraction of sp³-hybridized carbons (Fsp3) is 0.259. The molecule has 6 heteroatoms. The summed E-state index contributed by atoms with van der Waals surface area (Å²) in [5, 5.41) is 4.25. The molecule has 0 saturated carbocycles. The van der Waals surface area contributed by atoms with E-state index in [1.165, 1.54) is 0 Å². The number of amides is 2. The zero-order valence-corrected chi connectivity index (χ0v) is 20.1. The monoisotopic (exact) mass is 482 g/mol. The summed E-state index contributed by atoms with van der Waals surface area (Å²) in [6, 6.07) is 23.2. The van der Waals surface area contributed by atoms with E-state index in [1.54, 1.807) is 29.2 Å². The number of unbranched alkanes of at least 4 members (excludes halogenated alkanes) is 1. The number of nitrogens with one attached hydrogen (secondary N) is 1. The van der Waals surface area contributed by atoms with Gasteiger partial charge in [0.1, 0.15) is 6.04 Å². The van der Waals surface area contributed by atoms with Crippen molar-refractivity contribution < 1.29 is 9.59 Å². The molecule has 0 aliphatic heterocycles. The molecule has 0 aliphatic rings. The molecule has 0 aromatic heterocycles. The zero-order chi connectivity index (χ0) is 23.6. The van der Waals surface area contributed by atoms with Crippen LogP contribution in [-0.4, -0.2) is 23.3 Å². The maximum absolute atomic E-state index is 13.6. The van der Waals surface area contributed by atoms with Crippen LogP contribution in [-0.2, 0) is 22.6 Å². The molecule has 0 aliphatic carbocycles. The van der Waals surface area contributed by atoms with Crippen LogP contribution >= 0.6 is 23.2 Å². The number of halogens is 2. The summed E-state index contributed by atoms with van der Waals surface area (Å²) in [6.45, 7) is 2.92. The van der Waals surface area contributed by atoms with Crippen LogP contribution in [0.25, 0.3) is 0 Å². The summed E-state index contributed by atoms with van der Waals surface area (Å²) in [5.74, 6) is -0.333. The van der Waals surface area contributed by atoms with Crippen LogP contribution in [0.1, 0.15) is 42.5 Å². The minimum Gasteiger partial charge on any atom is -0.354 e. The van der Waals surface area contributed by atoms with Crippen molar-refractivity contribution in [2.45, 2.75) is 38.8 Å². The highest BCUT2D eigenvalue weighted by Crippen LogP contribution is 2.25. The van der Waals surface area contributed by atoms with Gasteiger partial charge in [-0.2, -0.15) is 0 Å². The van der Waals surface area contributed by atoms with Crippen LogP contribution in [0.2, 0.25) is 10.0 Å². The fourth-order valence-electron chi connectivity index (χ4n) is 3.58. The van der Waals surface area contributed by atoms with Crippen LogP contribution in [0.4, 0.5) is 0 Å². The average Bonchev–Trinajstić information content (AvgIpc) is 2.82. The number of nitrogens with zero attached hydrogens (tertiary/aromatic N) is 1. The predicted molar refractivity (Wildman–Crippen MR) is 134 cm³/mol. The number of carbonyl (C=O) groups excluding carboxylic acids is 2. The van der Waals surface area contributed by atoms with Gasteiger partial charge in [0.25, 0.3) is 0 Å². The first-order valence-corrected chi connectivity index (χ1v) is 11.8. The van der Waals surface area contributed by atoms with Crippen LogP contribution in [0.5, 0.6) is 0 Å². The predicted octanol–water partition coefficient (Wildman–Crippen LogP) is 6.22. The molecule has 0 fully saturated rings. The second kappa shape index (κ2) is 12.4. The molecule has 1 atom stereocenters. The molecule has 0 unspecified atom stereocenters.